The van der Waals surface area contributed by atoms with E-state index in [-0.39, 0.29) is 5.82 Å². The lowest BCUT2D eigenvalue weighted by molar-refractivity contribution is 0.533. The van der Waals surface area contributed by atoms with Gasteiger partial charge in [-0.3, -0.25) is 0 Å². The Morgan fingerprint density at radius 2 is 2.14 bits per heavy atom. The normalized spacial score (nSPS) is 17.0. The number of nitrogens with one attached hydrogen (secondary N) is 1. The van der Waals surface area contributed by atoms with Crippen LogP contribution in [0.1, 0.15) is 34.7 Å². The molecule has 0 saturated carbocycles. The molecule has 21 heavy (non-hydrogen) atoms. The summed E-state index contributed by atoms with van der Waals surface area (Å²) in [4.78, 5) is 0. The van der Waals surface area contributed by atoms with Crippen LogP contribution < -0.4 is 5.32 Å². The minimum atomic E-state index is -0.154. The standard InChI is InChI=1S/C18H19BrFN/c1-12-11-14(20)6-5-13(12)9-10-21-18-8-7-15-16(18)3-2-4-17(15)19/h2-6,11,18,21H,7-10H2,1H3. The largest absolute Gasteiger partial charge is 0.310 e. The van der Waals surface area contributed by atoms with Crippen LogP contribution in [-0.4, -0.2) is 6.54 Å². The molecule has 1 aliphatic carbocycles. The summed E-state index contributed by atoms with van der Waals surface area (Å²) >= 11 is 3.63. The van der Waals surface area contributed by atoms with Gasteiger partial charge in [0.15, 0.2) is 0 Å². The van der Waals surface area contributed by atoms with Gasteiger partial charge in [0.1, 0.15) is 5.82 Å². The topological polar surface area (TPSA) is 12.0 Å². The molecule has 0 spiro atoms. The fraction of sp³-hybridized carbons (Fsp3) is 0.333. The lowest BCUT2D eigenvalue weighted by Gasteiger charge is -2.15. The average Bonchev–Trinajstić information content (AvgIpc) is 2.86. The summed E-state index contributed by atoms with van der Waals surface area (Å²) in [5, 5.41) is 3.64. The first-order chi connectivity index (χ1) is 10.1. The summed E-state index contributed by atoms with van der Waals surface area (Å²) in [6, 6.07) is 11.9. The van der Waals surface area contributed by atoms with Crippen molar-refractivity contribution in [2.45, 2.75) is 32.2 Å². The average molecular weight is 348 g/mol. The van der Waals surface area contributed by atoms with Gasteiger partial charge >= 0.3 is 0 Å². The van der Waals surface area contributed by atoms with Crippen molar-refractivity contribution >= 4 is 15.9 Å². The van der Waals surface area contributed by atoms with E-state index in [0.29, 0.717) is 6.04 Å². The van der Waals surface area contributed by atoms with Gasteiger partial charge in [0, 0.05) is 10.5 Å². The fourth-order valence-corrected chi connectivity index (χ4v) is 3.72. The van der Waals surface area contributed by atoms with Crippen LogP contribution in [0.3, 0.4) is 0 Å². The zero-order chi connectivity index (χ0) is 14.8. The maximum absolute atomic E-state index is 13.1. The van der Waals surface area contributed by atoms with E-state index < -0.39 is 0 Å². The zero-order valence-corrected chi connectivity index (χ0v) is 13.7. The highest BCUT2D eigenvalue weighted by Crippen LogP contribution is 2.35. The predicted molar refractivity (Wildman–Crippen MR) is 88.0 cm³/mol. The second kappa shape index (κ2) is 6.29. The molecular formula is C18H19BrFN. The Balaban J connectivity index is 1.61. The van der Waals surface area contributed by atoms with Gasteiger partial charge < -0.3 is 5.32 Å². The third-order valence-corrected chi connectivity index (χ3v) is 5.05. The predicted octanol–water partition coefficient (Wildman–Crippen LogP) is 4.72. The van der Waals surface area contributed by atoms with E-state index in [1.54, 1.807) is 12.1 Å². The number of hydrogen-bond donors (Lipinski definition) is 1. The van der Waals surface area contributed by atoms with Crippen molar-refractivity contribution in [2.75, 3.05) is 6.54 Å². The summed E-state index contributed by atoms with van der Waals surface area (Å²) in [7, 11) is 0. The Morgan fingerprint density at radius 1 is 1.29 bits per heavy atom. The van der Waals surface area contributed by atoms with Gasteiger partial charge in [0.05, 0.1) is 0 Å². The van der Waals surface area contributed by atoms with Crippen LogP contribution in [0.2, 0.25) is 0 Å². The van der Waals surface area contributed by atoms with Crippen molar-refractivity contribution in [3.8, 4) is 0 Å². The van der Waals surface area contributed by atoms with Crippen LogP contribution in [0.5, 0.6) is 0 Å². The SMILES string of the molecule is Cc1cc(F)ccc1CCNC1CCc2c(Br)cccc21. The number of aryl methyl sites for hydroxylation is 1. The lowest BCUT2D eigenvalue weighted by atomic mass is 10.0. The quantitative estimate of drug-likeness (QED) is 0.843. The summed E-state index contributed by atoms with van der Waals surface area (Å²) < 4.78 is 14.3. The lowest BCUT2D eigenvalue weighted by Crippen LogP contribution is -2.22. The molecule has 0 radical (unpaired) electrons. The van der Waals surface area contributed by atoms with Crippen molar-refractivity contribution in [1.82, 2.24) is 5.32 Å². The van der Waals surface area contributed by atoms with Crippen LogP contribution >= 0.6 is 15.9 Å². The van der Waals surface area contributed by atoms with Gasteiger partial charge in [-0.2, -0.15) is 0 Å². The first kappa shape index (κ1) is 14.7. The second-order valence-electron chi connectivity index (χ2n) is 5.67. The van der Waals surface area contributed by atoms with E-state index in [0.717, 1.165) is 31.4 Å². The number of rotatable bonds is 4. The Kier molecular flexibility index (Phi) is 4.41. The highest BCUT2D eigenvalue weighted by Gasteiger charge is 2.23. The Hall–Kier alpha value is -1.19. The summed E-state index contributed by atoms with van der Waals surface area (Å²) in [5.41, 5.74) is 5.11. The molecule has 0 aliphatic heterocycles. The van der Waals surface area contributed by atoms with Gasteiger partial charge in [0.2, 0.25) is 0 Å². The summed E-state index contributed by atoms with van der Waals surface area (Å²) in [5.74, 6) is -0.154. The Labute approximate surface area is 133 Å². The van der Waals surface area contributed by atoms with Crippen molar-refractivity contribution in [3.63, 3.8) is 0 Å². The molecule has 0 aromatic heterocycles. The third kappa shape index (κ3) is 3.19. The molecule has 1 unspecified atom stereocenters. The number of hydrogen-bond acceptors (Lipinski definition) is 1. The fourth-order valence-electron chi connectivity index (χ4n) is 3.14. The van der Waals surface area contributed by atoms with E-state index in [9.17, 15) is 4.39 Å². The molecule has 0 fully saturated rings. The first-order valence-corrected chi connectivity index (χ1v) is 8.20. The highest BCUT2D eigenvalue weighted by atomic mass is 79.9. The van der Waals surface area contributed by atoms with Gasteiger partial charge in [-0.05, 0) is 73.2 Å². The zero-order valence-electron chi connectivity index (χ0n) is 12.1. The van der Waals surface area contributed by atoms with Gasteiger partial charge in [-0.25, -0.2) is 4.39 Å². The van der Waals surface area contributed by atoms with Crippen molar-refractivity contribution in [3.05, 3.63) is 68.9 Å². The minimum absolute atomic E-state index is 0.154. The van der Waals surface area contributed by atoms with Crippen LogP contribution in [0.4, 0.5) is 4.39 Å². The van der Waals surface area contributed by atoms with E-state index in [2.05, 4.69) is 39.4 Å². The highest BCUT2D eigenvalue weighted by molar-refractivity contribution is 9.10. The molecule has 2 aromatic carbocycles. The van der Waals surface area contributed by atoms with Crippen molar-refractivity contribution < 1.29 is 4.39 Å². The molecule has 3 rings (SSSR count). The van der Waals surface area contributed by atoms with E-state index in [1.807, 2.05) is 13.0 Å². The van der Waals surface area contributed by atoms with E-state index in [1.165, 1.54) is 21.2 Å². The number of fused-ring (bicyclic) bond motifs is 1. The van der Waals surface area contributed by atoms with E-state index >= 15 is 0 Å². The monoisotopic (exact) mass is 347 g/mol. The number of halogens is 2. The van der Waals surface area contributed by atoms with Gasteiger partial charge in [-0.15, -0.1) is 0 Å². The van der Waals surface area contributed by atoms with Crippen LogP contribution in [-0.2, 0) is 12.8 Å². The summed E-state index contributed by atoms with van der Waals surface area (Å²) in [6.45, 7) is 2.89. The molecule has 1 atom stereocenters. The molecular weight excluding hydrogens is 329 g/mol. The first-order valence-electron chi connectivity index (χ1n) is 7.41. The minimum Gasteiger partial charge on any atom is -0.310 e. The molecule has 2 aromatic rings. The van der Waals surface area contributed by atoms with Crippen LogP contribution in [0.25, 0.3) is 0 Å². The van der Waals surface area contributed by atoms with Crippen molar-refractivity contribution in [2.24, 2.45) is 0 Å². The molecule has 1 N–H and O–H groups in total. The Bertz CT molecular complexity index is 654. The number of benzene rings is 2. The maximum atomic E-state index is 13.1. The smallest absolute Gasteiger partial charge is 0.123 e. The molecule has 1 aliphatic rings. The molecule has 0 heterocycles. The van der Waals surface area contributed by atoms with E-state index in [4.69, 9.17) is 0 Å². The molecule has 0 bridgehead atoms. The second-order valence-corrected chi connectivity index (χ2v) is 6.53. The Morgan fingerprint density at radius 3 is 2.95 bits per heavy atom. The van der Waals surface area contributed by atoms with Crippen molar-refractivity contribution in [1.29, 1.82) is 0 Å². The summed E-state index contributed by atoms with van der Waals surface area (Å²) in [6.07, 6.45) is 3.22. The third-order valence-electron chi connectivity index (χ3n) is 4.30. The van der Waals surface area contributed by atoms with Crippen LogP contribution in [0, 0.1) is 12.7 Å². The molecule has 110 valence electrons. The van der Waals surface area contributed by atoms with Gasteiger partial charge in [0.25, 0.3) is 0 Å². The molecule has 1 nitrogen and oxygen atoms in total. The molecule has 0 amide bonds. The van der Waals surface area contributed by atoms with Crippen LogP contribution in [0.15, 0.2) is 40.9 Å². The van der Waals surface area contributed by atoms with Gasteiger partial charge in [-0.1, -0.05) is 34.1 Å². The molecule has 0 saturated heterocycles. The molecule has 3 heteroatoms. The maximum Gasteiger partial charge on any atom is 0.123 e.